The fraction of sp³-hybridized carbons (Fsp3) is 0.455. The number of nitrogens with one attached hydrogen (secondary N) is 1. The summed E-state index contributed by atoms with van der Waals surface area (Å²) in [6.45, 7) is 4.84. The molecule has 3 nitrogen and oxygen atoms in total. The summed E-state index contributed by atoms with van der Waals surface area (Å²) in [5.41, 5.74) is 0.547. The molecule has 1 N–H and O–H groups in total. The van der Waals surface area contributed by atoms with Gasteiger partial charge in [0.1, 0.15) is 5.82 Å². The summed E-state index contributed by atoms with van der Waals surface area (Å²) in [5, 5.41) is 0. The van der Waals surface area contributed by atoms with Gasteiger partial charge in [0.15, 0.2) is 0 Å². The molecule has 0 radical (unpaired) electrons. The highest BCUT2D eigenvalue weighted by molar-refractivity contribution is 7.89. The Hall–Kier alpha value is -0.650. The molecule has 0 heterocycles. The highest BCUT2D eigenvalue weighted by Gasteiger charge is 2.20. The van der Waals surface area contributed by atoms with E-state index in [2.05, 4.69) is 4.72 Å². The Morgan fingerprint density at radius 1 is 1.41 bits per heavy atom. The van der Waals surface area contributed by atoms with Crippen molar-refractivity contribution in [2.24, 2.45) is 0 Å². The molecule has 1 aromatic rings. The normalized spacial score (nSPS) is 12.1. The lowest BCUT2D eigenvalue weighted by molar-refractivity contribution is 0.564. The Bertz CT molecular complexity index is 514. The predicted molar refractivity (Wildman–Crippen MR) is 66.2 cm³/mol. The minimum absolute atomic E-state index is 0.0538. The van der Waals surface area contributed by atoms with E-state index in [1.54, 1.807) is 13.8 Å². The molecule has 0 saturated heterocycles. The largest absolute Gasteiger partial charge is 0.241 e. The number of halogens is 2. The Morgan fingerprint density at radius 2 is 2.00 bits per heavy atom. The molecule has 6 heteroatoms. The molecule has 0 fully saturated rings. The van der Waals surface area contributed by atoms with E-state index in [4.69, 9.17) is 11.6 Å². The standard InChI is InChI=1S/C11H15ClFNO2S/c1-7(2)14-17(15,16)11-5-9(6-12)4-10(13)8(11)3/h4-5,7,14H,6H2,1-3H3. The zero-order valence-electron chi connectivity index (χ0n) is 9.92. The Kier molecular flexibility index (Phi) is 4.52. The van der Waals surface area contributed by atoms with Crippen molar-refractivity contribution in [2.75, 3.05) is 0 Å². The number of alkyl halides is 1. The molecule has 1 aromatic carbocycles. The molecule has 1 rings (SSSR count). The van der Waals surface area contributed by atoms with Crippen molar-refractivity contribution in [1.29, 1.82) is 0 Å². The van der Waals surface area contributed by atoms with Gasteiger partial charge in [0.25, 0.3) is 0 Å². The van der Waals surface area contributed by atoms with Crippen LogP contribution in [0.25, 0.3) is 0 Å². The van der Waals surface area contributed by atoms with Crippen LogP contribution < -0.4 is 4.72 Å². The summed E-state index contributed by atoms with van der Waals surface area (Å²) >= 11 is 5.60. The zero-order valence-corrected chi connectivity index (χ0v) is 11.5. The average molecular weight is 280 g/mol. The van der Waals surface area contributed by atoms with Gasteiger partial charge in [0.05, 0.1) is 4.90 Å². The van der Waals surface area contributed by atoms with Crippen molar-refractivity contribution in [3.63, 3.8) is 0 Å². The predicted octanol–water partition coefficient (Wildman–Crippen LogP) is 2.56. The number of hydrogen-bond donors (Lipinski definition) is 1. The van der Waals surface area contributed by atoms with Crippen molar-refractivity contribution in [2.45, 2.75) is 37.6 Å². The first-order valence-electron chi connectivity index (χ1n) is 5.15. The Labute approximate surface area is 106 Å². The maximum absolute atomic E-state index is 13.5. The summed E-state index contributed by atoms with van der Waals surface area (Å²) in [7, 11) is -3.69. The first-order chi connectivity index (χ1) is 7.77. The van der Waals surface area contributed by atoms with Gasteiger partial charge in [-0.15, -0.1) is 11.6 Å². The molecule has 0 unspecified atom stereocenters. The molecule has 96 valence electrons. The second-order valence-electron chi connectivity index (χ2n) is 4.11. The van der Waals surface area contributed by atoms with Crippen LogP contribution in [-0.4, -0.2) is 14.5 Å². The fourth-order valence-electron chi connectivity index (χ4n) is 1.44. The molecule has 17 heavy (non-hydrogen) atoms. The fourth-order valence-corrected chi connectivity index (χ4v) is 3.15. The van der Waals surface area contributed by atoms with Crippen molar-refractivity contribution in [3.05, 3.63) is 29.1 Å². The highest BCUT2D eigenvalue weighted by Crippen LogP contribution is 2.21. The molecule has 0 saturated carbocycles. The highest BCUT2D eigenvalue weighted by atomic mass is 35.5. The smallest absolute Gasteiger partial charge is 0.209 e. The van der Waals surface area contributed by atoms with Gasteiger partial charge >= 0.3 is 0 Å². The Balaban J connectivity index is 3.35. The maximum Gasteiger partial charge on any atom is 0.241 e. The summed E-state index contributed by atoms with van der Waals surface area (Å²) in [4.78, 5) is -0.0538. The van der Waals surface area contributed by atoms with E-state index in [-0.39, 0.29) is 22.4 Å². The second-order valence-corrected chi connectivity index (χ2v) is 6.06. The average Bonchev–Trinajstić information content (AvgIpc) is 2.19. The monoisotopic (exact) mass is 279 g/mol. The third kappa shape index (κ3) is 3.40. The molecular weight excluding hydrogens is 265 g/mol. The van der Waals surface area contributed by atoms with E-state index < -0.39 is 15.8 Å². The first-order valence-corrected chi connectivity index (χ1v) is 7.17. The number of hydrogen-bond acceptors (Lipinski definition) is 2. The van der Waals surface area contributed by atoms with E-state index in [1.165, 1.54) is 19.1 Å². The molecule has 0 aliphatic rings. The van der Waals surface area contributed by atoms with Crippen molar-refractivity contribution in [1.82, 2.24) is 4.72 Å². The van der Waals surface area contributed by atoms with E-state index in [0.29, 0.717) is 5.56 Å². The maximum atomic E-state index is 13.5. The molecule has 0 bridgehead atoms. The first kappa shape index (κ1) is 14.4. The lowest BCUT2D eigenvalue weighted by Crippen LogP contribution is -2.31. The molecule has 0 aromatic heterocycles. The third-order valence-corrected chi connectivity index (χ3v) is 4.28. The summed E-state index contributed by atoms with van der Waals surface area (Å²) in [6.07, 6.45) is 0. The van der Waals surface area contributed by atoms with Crippen LogP contribution in [-0.2, 0) is 15.9 Å². The van der Waals surface area contributed by atoms with E-state index in [9.17, 15) is 12.8 Å². The lowest BCUT2D eigenvalue weighted by atomic mass is 10.1. The summed E-state index contributed by atoms with van der Waals surface area (Å²) in [6, 6.07) is 2.40. The molecule has 0 aliphatic heterocycles. The van der Waals surface area contributed by atoms with E-state index in [1.807, 2.05) is 0 Å². The number of sulfonamides is 1. The van der Waals surface area contributed by atoms with Crippen LogP contribution in [0.15, 0.2) is 17.0 Å². The van der Waals surface area contributed by atoms with Gasteiger partial charge in [0.2, 0.25) is 10.0 Å². The van der Waals surface area contributed by atoms with Crippen molar-refractivity contribution >= 4 is 21.6 Å². The topological polar surface area (TPSA) is 46.2 Å². The summed E-state index contributed by atoms with van der Waals surface area (Å²) in [5.74, 6) is -0.492. The van der Waals surface area contributed by atoms with Crippen LogP contribution in [0.5, 0.6) is 0 Å². The Morgan fingerprint density at radius 3 is 2.47 bits per heavy atom. The van der Waals surface area contributed by atoms with Crippen LogP contribution in [0.1, 0.15) is 25.0 Å². The minimum Gasteiger partial charge on any atom is -0.209 e. The van der Waals surface area contributed by atoms with Crippen LogP contribution >= 0.6 is 11.6 Å². The molecule has 0 spiro atoms. The SMILES string of the molecule is Cc1c(F)cc(CCl)cc1S(=O)(=O)NC(C)C. The number of rotatable bonds is 4. The lowest BCUT2D eigenvalue weighted by Gasteiger charge is -2.13. The van der Waals surface area contributed by atoms with Crippen molar-refractivity contribution < 1.29 is 12.8 Å². The van der Waals surface area contributed by atoms with Gasteiger partial charge in [-0.05, 0) is 38.5 Å². The second kappa shape index (κ2) is 5.33. The van der Waals surface area contributed by atoms with E-state index >= 15 is 0 Å². The third-order valence-electron chi connectivity index (χ3n) is 2.19. The van der Waals surface area contributed by atoms with Crippen LogP contribution in [0.4, 0.5) is 4.39 Å². The molecule has 0 atom stereocenters. The van der Waals surface area contributed by atoms with E-state index in [0.717, 1.165) is 0 Å². The van der Waals surface area contributed by atoms with Crippen LogP contribution in [0, 0.1) is 12.7 Å². The van der Waals surface area contributed by atoms with Gasteiger partial charge in [-0.25, -0.2) is 17.5 Å². The number of benzene rings is 1. The molecule has 0 aliphatic carbocycles. The van der Waals surface area contributed by atoms with Gasteiger partial charge in [-0.3, -0.25) is 0 Å². The van der Waals surface area contributed by atoms with Gasteiger partial charge in [-0.2, -0.15) is 0 Å². The zero-order chi connectivity index (χ0) is 13.2. The van der Waals surface area contributed by atoms with Gasteiger partial charge < -0.3 is 0 Å². The quantitative estimate of drug-likeness (QED) is 0.861. The minimum atomic E-state index is -3.69. The van der Waals surface area contributed by atoms with Crippen molar-refractivity contribution in [3.8, 4) is 0 Å². The van der Waals surface area contributed by atoms with Crippen LogP contribution in [0.2, 0.25) is 0 Å². The molecular formula is C11H15ClFNO2S. The van der Waals surface area contributed by atoms with Gasteiger partial charge in [0, 0.05) is 17.5 Å². The molecule has 0 amide bonds. The van der Waals surface area contributed by atoms with Crippen LogP contribution in [0.3, 0.4) is 0 Å². The summed E-state index contributed by atoms with van der Waals surface area (Å²) < 4.78 is 39.9. The van der Waals surface area contributed by atoms with Gasteiger partial charge in [-0.1, -0.05) is 0 Å².